The van der Waals surface area contributed by atoms with Gasteiger partial charge in [0.1, 0.15) is 5.75 Å². The molecule has 2 rings (SSSR count). The summed E-state index contributed by atoms with van der Waals surface area (Å²) >= 11 is 0. The number of benzene rings is 1. The van der Waals surface area contributed by atoms with Gasteiger partial charge in [0.25, 0.3) is 0 Å². The fourth-order valence-electron chi connectivity index (χ4n) is 2.65. The average molecular weight is 298 g/mol. The highest BCUT2D eigenvalue weighted by atomic mass is 32.2. The predicted octanol–water partition coefficient (Wildman–Crippen LogP) is 1.41. The third-order valence-corrected chi connectivity index (χ3v) is 5.53. The first-order valence-electron chi connectivity index (χ1n) is 6.93. The van der Waals surface area contributed by atoms with E-state index in [-0.39, 0.29) is 17.7 Å². The molecule has 20 heavy (non-hydrogen) atoms. The second-order valence-corrected chi connectivity index (χ2v) is 7.45. The van der Waals surface area contributed by atoms with Crippen LogP contribution < -0.4 is 16.0 Å². The number of hydrogen-bond donors (Lipinski definition) is 2. The van der Waals surface area contributed by atoms with E-state index in [4.69, 9.17) is 10.6 Å². The lowest BCUT2D eigenvalue weighted by atomic mass is 9.95. The first-order chi connectivity index (χ1) is 9.54. The molecule has 1 heterocycles. The molecule has 1 aromatic rings. The van der Waals surface area contributed by atoms with Crippen molar-refractivity contribution in [2.45, 2.75) is 25.8 Å². The van der Waals surface area contributed by atoms with Crippen LogP contribution in [0.4, 0.5) is 0 Å². The summed E-state index contributed by atoms with van der Waals surface area (Å²) in [5.74, 6) is 7.22. The number of ether oxygens (including phenoxy) is 1. The minimum Gasteiger partial charge on any atom is -0.494 e. The molecule has 3 N–H and O–H groups in total. The molecule has 0 aliphatic carbocycles. The predicted molar refractivity (Wildman–Crippen MR) is 79.1 cm³/mol. The van der Waals surface area contributed by atoms with Gasteiger partial charge in [-0.1, -0.05) is 12.1 Å². The number of rotatable bonds is 6. The molecule has 1 saturated heterocycles. The van der Waals surface area contributed by atoms with Gasteiger partial charge in [-0.3, -0.25) is 11.3 Å². The van der Waals surface area contributed by atoms with Crippen LogP contribution in [-0.2, 0) is 9.84 Å². The van der Waals surface area contributed by atoms with E-state index >= 15 is 0 Å². The SMILES string of the molecule is CCOc1ccc(C(CC2CCS(=O)(=O)C2)NN)cc1. The fraction of sp³-hybridized carbons (Fsp3) is 0.571. The standard InChI is InChI=1S/C14H22N2O3S/c1-2-19-13-5-3-12(4-6-13)14(16-15)9-11-7-8-20(17,18)10-11/h3-6,11,14,16H,2,7-10,15H2,1H3. The molecule has 0 spiro atoms. The van der Waals surface area contributed by atoms with Gasteiger partial charge in [-0.2, -0.15) is 0 Å². The summed E-state index contributed by atoms with van der Waals surface area (Å²) in [6.07, 6.45) is 1.47. The van der Waals surface area contributed by atoms with Crippen molar-refractivity contribution in [2.75, 3.05) is 18.1 Å². The second kappa shape index (κ2) is 6.56. The maximum absolute atomic E-state index is 11.5. The topological polar surface area (TPSA) is 81.4 Å². The van der Waals surface area contributed by atoms with Crippen molar-refractivity contribution in [2.24, 2.45) is 11.8 Å². The van der Waals surface area contributed by atoms with E-state index in [1.165, 1.54) is 0 Å². The van der Waals surface area contributed by atoms with Crippen molar-refractivity contribution in [1.82, 2.24) is 5.43 Å². The fourth-order valence-corrected chi connectivity index (χ4v) is 4.53. The highest BCUT2D eigenvalue weighted by molar-refractivity contribution is 7.91. The van der Waals surface area contributed by atoms with Gasteiger partial charge >= 0.3 is 0 Å². The Bertz CT molecular complexity index is 528. The van der Waals surface area contributed by atoms with Gasteiger partial charge in [-0.05, 0) is 43.4 Å². The molecule has 5 nitrogen and oxygen atoms in total. The number of hydrazine groups is 1. The second-order valence-electron chi connectivity index (χ2n) is 5.23. The maximum Gasteiger partial charge on any atom is 0.150 e. The van der Waals surface area contributed by atoms with Crippen LogP contribution in [0.5, 0.6) is 5.75 Å². The van der Waals surface area contributed by atoms with E-state index < -0.39 is 9.84 Å². The zero-order valence-electron chi connectivity index (χ0n) is 11.7. The first kappa shape index (κ1) is 15.3. The summed E-state index contributed by atoms with van der Waals surface area (Å²) in [5.41, 5.74) is 3.84. The molecule has 1 aromatic carbocycles. The molecule has 1 aliphatic rings. The van der Waals surface area contributed by atoms with Gasteiger partial charge in [-0.25, -0.2) is 8.42 Å². The summed E-state index contributed by atoms with van der Waals surface area (Å²) in [5, 5.41) is 0. The van der Waals surface area contributed by atoms with Crippen molar-refractivity contribution < 1.29 is 13.2 Å². The van der Waals surface area contributed by atoms with Crippen LogP contribution >= 0.6 is 0 Å². The quantitative estimate of drug-likeness (QED) is 0.613. The van der Waals surface area contributed by atoms with Crippen molar-refractivity contribution in [3.63, 3.8) is 0 Å². The number of sulfone groups is 1. The van der Waals surface area contributed by atoms with E-state index in [9.17, 15) is 8.42 Å². The molecular weight excluding hydrogens is 276 g/mol. The zero-order valence-corrected chi connectivity index (χ0v) is 12.5. The summed E-state index contributed by atoms with van der Waals surface area (Å²) in [6, 6.07) is 7.74. The molecule has 0 bridgehead atoms. The smallest absolute Gasteiger partial charge is 0.150 e. The largest absolute Gasteiger partial charge is 0.494 e. The Morgan fingerprint density at radius 2 is 2.10 bits per heavy atom. The van der Waals surface area contributed by atoms with E-state index in [2.05, 4.69) is 5.43 Å². The monoisotopic (exact) mass is 298 g/mol. The maximum atomic E-state index is 11.5. The normalized spacial score (nSPS) is 22.6. The number of nitrogens with two attached hydrogens (primary N) is 1. The van der Waals surface area contributed by atoms with Crippen LogP contribution in [0.15, 0.2) is 24.3 Å². The Kier molecular flexibility index (Phi) is 5.01. The first-order valence-corrected chi connectivity index (χ1v) is 8.75. The molecule has 0 radical (unpaired) electrons. The zero-order chi connectivity index (χ0) is 14.6. The molecule has 1 aliphatic heterocycles. The summed E-state index contributed by atoms with van der Waals surface area (Å²) in [6.45, 7) is 2.58. The minimum absolute atomic E-state index is 0.0241. The summed E-state index contributed by atoms with van der Waals surface area (Å²) in [7, 11) is -2.83. The highest BCUT2D eigenvalue weighted by Gasteiger charge is 2.29. The lowest BCUT2D eigenvalue weighted by Gasteiger charge is -2.19. The number of nitrogens with one attached hydrogen (secondary N) is 1. The molecule has 6 heteroatoms. The van der Waals surface area contributed by atoms with Crippen LogP contribution in [0, 0.1) is 5.92 Å². The molecule has 0 amide bonds. The van der Waals surface area contributed by atoms with E-state index in [1.807, 2.05) is 31.2 Å². The third-order valence-electron chi connectivity index (χ3n) is 3.69. The van der Waals surface area contributed by atoms with E-state index in [0.717, 1.165) is 24.2 Å². The van der Waals surface area contributed by atoms with Crippen molar-refractivity contribution >= 4 is 9.84 Å². The van der Waals surface area contributed by atoms with Crippen LogP contribution in [0.3, 0.4) is 0 Å². The highest BCUT2D eigenvalue weighted by Crippen LogP contribution is 2.29. The van der Waals surface area contributed by atoms with Crippen LogP contribution in [0.2, 0.25) is 0 Å². The summed E-state index contributed by atoms with van der Waals surface area (Å²) in [4.78, 5) is 0. The van der Waals surface area contributed by atoms with Gasteiger partial charge < -0.3 is 4.74 Å². The number of hydrogen-bond acceptors (Lipinski definition) is 5. The summed E-state index contributed by atoms with van der Waals surface area (Å²) < 4.78 is 28.4. The lowest BCUT2D eigenvalue weighted by Crippen LogP contribution is -2.30. The van der Waals surface area contributed by atoms with Crippen molar-refractivity contribution in [1.29, 1.82) is 0 Å². The molecule has 1 fully saturated rings. The van der Waals surface area contributed by atoms with Crippen molar-refractivity contribution in [3.05, 3.63) is 29.8 Å². The molecule has 0 aromatic heterocycles. The van der Waals surface area contributed by atoms with Crippen LogP contribution in [0.25, 0.3) is 0 Å². The Morgan fingerprint density at radius 1 is 1.40 bits per heavy atom. The Labute approximate surface area is 120 Å². The molecule has 0 saturated carbocycles. The molecular formula is C14H22N2O3S. The Morgan fingerprint density at radius 3 is 2.60 bits per heavy atom. The molecule has 2 unspecified atom stereocenters. The molecule has 112 valence electrons. The average Bonchev–Trinajstić information content (AvgIpc) is 2.77. The Balaban J connectivity index is 2.01. The third kappa shape index (κ3) is 3.94. The van der Waals surface area contributed by atoms with E-state index in [0.29, 0.717) is 12.4 Å². The lowest BCUT2D eigenvalue weighted by molar-refractivity contribution is 0.340. The minimum atomic E-state index is -2.83. The van der Waals surface area contributed by atoms with Crippen LogP contribution in [0.1, 0.15) is 31.4 Å². The Hall–Kier alpha value is -1.11. The van der Waals surface area contributed by atoms with Gasteiger partial charge in [0.05, 0.1) is 18.1 Å². The van der Waals surface area contributed by atoms with Crippen molar-refractivity contribution in [3.8, 4) is 5.75 Å². The van der Waals surface area contributed by atoms with Gasteiger partial charge in [0, 0.05) is 6.04 Å². The van der Waals surface area contributed by atoms with E-state index in [1.54, 1.807) is 0 Å². The molecule has 2 atom stereocenters. The van der Waals surface area contributed by atoms with Gasteiger partial charge in [0.15, 0.2) is 9.84 Å². The van der Waals surface area contributed by atoms with Crippen LogP contribution in [-0.4, -0.2) is 26.5 Å². The van der Waals surface area contributed by atoms with Gasteiger partial charge in [-0.15, -0.1) is 0 Å². The van der Waals surface area contributed by atoms with Gasteiger partial charge in [0.2, 0.25) is 0 Å².